The number of rotatable bonds is 10. The highest BCUT2D eigenvalue weighted by Crippen LogP contribution is 2.25. The van der Waals surface area contributed by atoms with Crippen LogP contribution in [0.25, 0.3) is 0 Å². The Balaban J connectivity index is 2.11. The summed E-state index contributed by atoms with van der Waals surface area (Å²) in [6.07, 6.45) is 3.78. The maximum Gasteiger partial charge on any atom is 0.236 e. The topological polar surface area (TPSA) is 138 Å². The average Bonchev–Trinajstić information content (AvgIpc) is 2.67. The lowest BCUT2D eigenvalue weighted by Gasteiger charge is -2.13. The Morgan fingerprint density at radius 1 is 1.46 bits per heavy atom. The number of carbonyl (C=O) groups excluding carboxylic acids is 1. The molecule has 1 aromatic heterocycles. The minimum atomic E-state index is -0.539. The Morgan fingerprint density at radius 3 is 2.93 bits per heavy atom. The minimum Gasteiger partial charge on any atom is -0.493 e. The van der Waals surface area contributed by atoms with Gasteiger partial charge in [-0.1, -0.05) is 23.7 Å². The first-order chi connectivity index (χ1) is 13.4. The van der Waals surface area contributed by atoms with Crippen molar-refractivity contribution in [1.82, 2.24) is 15.3 Å². The number of amides is 1. The van der Waals surface area contributed by atoms with E-state index in [0.29, 0.717) is 17.1 Å². The van der Waals surface area contributed by atoms with Crippen molar-refractivity contribution in [2.24, 2.45) is 5.73 Å². The number of ether oxygens (including phenoxy) is 1. The standard InChI is InChI=1S/C17H19ClFN7O2/c1-28-15-10(3-2-4-13(15)19)6-23-16-12(18)8-24-17(26-16)25-11(5-20)7-22-9-14(21)27/h2-5,7-8,20,22H,6,9H2,1H3,(H2,21,27)(H2,23,24,25,26)/b11-7+,20-5?. The van der Waals surface area contributed by atoms with Gasteiger partial charge in [0, 0.05) is 24.5 Å². The quantitative estimate of drug-likeness (QED) is 0.379. The lowest BCUT2D eigenvalue weighted by molar-refractivity contribution is -0.117. The Kier molecular flexibility index (Phi) is 7.52. The van der Waals surface area contributed by atoms with Gasteiger partial charge in [-0.25, -0.2) is 9.37 Å². The second-order valence-electron chi connectivity index (χ2n) is 5.39. The van der Waals surface area contributed by atoms with Gasteiger partial charge in [-0.05, 0) is 6.07 Å². The Labute approximate surface area is 165 Å². The van der Waals surface area contributed by atoms with Gasteiger partial charge in [0.1, 0.15) is 5.02 Å². The van der Waals surface area contributed by atoms with Crippen molar-refractivity contribution in [3.05, 3.63) is 52.7 Å². The molecule has 0 spiro atoms. The van der Waals surface area contributed by atoms with Gasteiger partial charge in [-0.2, -0.15) is 4.98 Å². The molecule has 0 unspecified atom stereocenters. The first kappa shape index (κ1) is 20.9. The Morgan fingerprint density at radius 2 is 2.25 bits per heavy atom. The van der Waals surface area contributed by atoms with E-state index >= 15 is 0 Å². The molecule has 2 aromatic rings. The van der Waals surface area contributed by atoms with Crippen LogP contribution in [0.3, 0.4) is 0 Å². The van der Waals surface area contributed by atoms with Crippen LogP contribution >= 0.6 is 11.6 Å². The molecular weight excluding hydrogens is 389 g/mol. The monoisotopic (exact) mass is 407 g/mol. The molecule has 11 heteroatoms. The number of hydrogen-bond donors (Lipinski definition) is 5. The molecule has 0 aliphatic rings. The number of nitrogens with two attached hydrogens (primary N) is 1. The summed E-state index contributed by atoms with van der Waals surface area (Å²) in [6, 6.07) is 4.59. The van der Waals surface area contributed by atoms with E-state index in [1.807, 2.05) is 0 Å². The van der Waals surface area contributed by atoms with E-state index in [1.165, 1.54) is 25.6 Å². The maximum absolute atomic E-state index is 13.8. The van der Waals surface area contributed by atoms with Crippen molar-refractivity contribution in [3.63, 3.8) is 0 Å². The average molecular weight is 408 g/mol. The van der Waals surface area contributed by atoms with E-state index in [0.717, 1.165) is 6.21 Å². The summed E-state index contributed by atoms with van der Waals surface area (Å²) in [4.78, 5) is 19.0. The number of primary amides is 1. The number of aromatic nitrogens is 2. The molecule has 0 fully saturated rings. The van der Waals surface area contributed by atoms with Gasteiger partial charge in [0.2, 0.25) is 11.9 Å². The molecule has 28 heavy (non-hydrogen) atoms. The normalized spacial score (nSPS) is 10.9. The molecule has 148 valence electrons. The fourth-order valence-corrected chi connectivity index (χ4v) is 2.31. The molecular formula is C17H19ClFN7O2. The fourth-order valence-electron chi connectivity index (χ4n) is 2.16. The van der Waals surface area contributed by atoms with Gasteiger partial charge in [-0.3, -0.25) is 4.79 Å². The number of allylic oxidation sites excluding steroid dienone is 1. The number of benzene rings is 1. The van der Waals surface area contributed by atoms with Crippen molar-refractivity contribution in [3.8, 4) is 5.75 Å². The number of para-hydroxylation sites is 1. The van der Waals surface area contributed by atoms with Crippen molar-refractivity contribution < 1.29 is 13.9 Å². The molecule has 1 heterocycles. The van der Waals surface area contributed by atoms with E-state index < -0.39 is 11.7 Å². The van der Waals surface area contributed by atoms with Crippen LogP contribution in [0.15, 0.2) is 36.3 Å². The third-order valence-electron chi connectivity index (χ3n) is 3.39. The van der Waals surface area contributed by atoms with Crippen molar-refractivity contribution >= 4 is 35.5 Å². The predicted octanol–water partition coefficient (Wildman–Crippen LogP) is 1.87. The van der Waals surface area contributed by atoms with E-state index in [2.05, 4.69) is 25.9 Å². The molecule has 1 aromatic carbocycles. The molecule has 1 amide bonds. The van der Waals surface area contributed by atoms with Crippen LogP contribution in [-0.2, 0) is 11.3 Å². The second kappa shape index (κ2) is 10.1. The van der Waals surface area contributed by atoms with E-state index in [9.17, 15) is 9.18 Å². The highest BCUT2D eigenvalue weighted by Gasteiger charge is 2.11. The van der Waals surface area contributed by atoms with Crippen molar-refractivity contribution in [2.45, 2.75) is 6.54 Å². The molecule has 9 nitrogen and oxygen atoms in total. The summed E-state index contributed by atoms with van der Waals surface area (Å²) in [6.45, 7) is 0.132. The highest BCUT2D eigenvalue weighted by molar-refractivity contribution is 6.32. The molecule has 0 radical (unpaired) electrons. The number of methoxy groups -OCH3 is 1. The van der Waals surface area contributed by atoms with Crippen LogP contribution < -0.4 is 26.4 Å². The van der Waals surface area contributed by atoms with Gasteiger partial charge < -0.3 is 31.8 Å². The molecule has 0 atom stereocenters. The molecule has 0 saturated heterocycles. The van der Waals surface area contributed by atoms with Gasteiger partial charge in [0.15, 0.2) is 17.4 Å². The zero-order chi connectivity index (χ0) is 20.5. The lowest BCUT2D eigenvalue weighted by Crippen LogP contribution is -2.25. The second-order valence-corrected chi connectivity index (χ2v) is 5.80. The number of anilines is 2. The maximum atomic E-state index is 13.8. The number of nitrogens with zero attached hydrogens (tertiary/aromatic N) is 2. The van der Waals surface area contributed by atoms with E-state index in [-0.39, 0.29) is 29.8 Å². The highest BCUT2D eigenvalue weighted by atomic mass is 35.5. The first-order valence-electron chi connectivity index (χ1n) is 8.01. The van der Waals surface area contributed by atoms with Crippen LogP contribution in [0.4, 0.5) is 16.2 Å². The number of carbonyl (C=O) groups is 1. The summed E-state index contributed by atoms with van der Waals surface area (Å²) < 4.78 is 18.9. The van der Waals surface area contributed by atoms with Crippen molar-refractivity contribution in [2.75, 3.05) is 24.3 Å². The fraction of sp³-hybridized carbons (Fsp3) is 0.176. The predicted molar refractivity (Wildman–Crippen MR) is 105 cm³/mol. The molecule has 0 saturated carbocycles. The first-order valence-corrected chi connectivity index (χ1v) is 8.39. The summed E-state index contributed by atoms with van der Waals surface area (Å²) in [7, 11) is 1.39. The minimum absolute atomic E-state index is 0.0806. The summed E-state index contributed by atoms with van der Waals surface area (Å²) >= 11 is 6.11. The van der Waals surface area contributed by atoms with E-state index in [1.54, 1.807) is 12.1 Å². The molecule has 0 bridgehead atoms. The van der Waals surface area contributed by atoms with Crippen molar-refractivity contribution in [1.29, 1.82) is 5.41 Å². The van der Waals surface area contributed by atoms with Gasteiger partial charge in [-0.15, -0.1) is 0 Å². The smallest absolute Gasteiger partial charge is 0.236 e. The lowest BCUT2D eigenvalue weighted by atomic mass is 10.2. The zero-order valence-electron chi connectivity index (χ0n) is 14.9. The SMILES string of the molecule is COc1c(F)cccc1CNc1nc(N/C(C=N)=C/NCC(N)=O)ncc1Cl. The van der Waals surface area contributed by atoms with Crippen LogP contribution in [0.1, 0.15) is 5.56 Å². The van der Waals surface area contributed by atoms with Crippen LogP contribution in [0, 0.1) is 11.2 Å². The number of halogens is 2. The van der Waals surface area contributed by atoms with Crippen LogP contribution in [-0.4, -0.2) is 35.7 Å². The van der Waals surface area contributed by atoms with Gasteiger partial charge >= 0.3 is 0 Å². The zero-order valence-corrected chi connectivity index (χ0v) is 15.7. The Bertz CT molecular complexity index is 892. The number of hydrogen-bond acceptors (Lipinski definition) is 8. The summed E-state index contributed by atoms with van der Waals surface area (Å²) in [5.41, 5.74) is 5.91. The molecule has 0 aliphatic heterocycles. The Hall–Kier alpha value is -3.40. The molecule has 0 aliphatic carbocycles. The third kappa shape index (κ3) is 5.81. The van der Waals surface area contributed by atoms with Crippen LogP contribution in [0.5, 0.6) is 5.75 Å². The molecule has 2 rings (SSSR count). The summed E-state index contributed by atoms with van der Waals surface area (Å²) in [5.74, 6) is -0.411. The third-order valence-corrected chi connectivity index (χ3v) is 3.67. The van der Waals surface area contributed by atoms with Gasteiger partial charge in [0.05, 0.1) is 25.5 Å². The molecule has 6 N–H and O–H groups in total. The number of nitrogens with one attached hydrogen (secondary N) is 4. The van der Waals surface area contributed by atoms with E-state index in [4.69, 9.17) is 27.5 Å². The largest absolute Gasteiger partial charge is 0.493 e. The summed E-state index contributed by atoms with van der Waals surface area (Å²) in [5, 5.41) is 16.1. The van der Waals surface area contributed by atoms with Gasteiger partial charge in [0.25, 0.3) is 0 Å². The van der Waals surface area contributed by atoms with Crippen LogP contribution in [0.2, 0.25) is 5.02 Å².